The van der Waals surface area contributed by atoms with E-state index in [0.29, 0.717) is 13.1 Å². The van der Waals surface area contributed by atoms with E-state index < -0.39 is 0 Å². The van der Waals surface area contributed by atoms with Crippen molar-refractivity contribution in [2.24, 2.45) is 5.73 Å². The molecule has 0 aliphatic rings. The van der Waals surface area contributed by atoms with Crippen molar-refractivity contribution >= 4 is 11.8 Å². The van der Waals surface area contributed by atoms with Crippen LogP contribution in [0.5, 0.6) is 0 Å². The van der Waals surface area contributed by atoms with Crippen molar-refractivity contribution in [2.75, 3.05) is 20.1 Å². The highest BCUT2D eigenvalue weighted by molar-refractivity contribution is 5.78. The summed E-state index contributed by atoms with van der Waals surface area (Å²) in [5, 5.41) is 2.76. The highest BCUT2D eigenvalue weighted by Crippen LogP contribution is 1.87. The van der Waals surface area contributed by atoms with Crippen LogP contribution in [0.2, 0.25) is 0 Å². The molecule has 0 saturated heterocycles. The fraction of sp³-hybridized carbons (Fsp3) is 0.778. The predicted octanol–water partition coefficient (Wildman–Crippen LogP) is -0.682. The van der Waals surface area contributed by atoms with Gasteiger partial charge in [0.2, 0.25) is 11.8 Å². The van der Waals surface area contributed by atoms with Crippen molar-refractivity contribution in [3.05, 3.63) is 0 Å². The van der Waals surface area contributed by atoms with Crippen molar-refractivity contribution < 1.29 is 9.59 Å². The summed E-state index contributed by atoms with van der Waals surface area (Å²) in [6, 6.07) is 0.145. The monoisotopic (exact) mass is 201 g/mol. The van der Waals surface area contributed by atoms with Crippen LogP contribution in [0.3, 0.4) is 0 Å². The zero-order chi connectivity index (χ0) is 11.1. The maximum atomic E-state index is 11.2. The van der Waals surface area contributed by atoms with Gasteiger partial charge in [-0.1, -0.05) is 0 Å². The van der Waals surface area contributed by atoms with E-state index in [1.165, 1.54) is 0 Å². The van der Waals surface area contributed by atoms with Crippen LogP contribution >= 0.6 is 0 Å². The molecule has 0 rings (SSSR count). The van der Waals surface area contributed by atoms with Crippen LogP contribution in [0.25, 0.3) is 0 Å². The molecule has 82 valence electrons. The van der Waals surface area contributed by atoms with Gasteiger partial charge in [-0.3, -0.25) is 14.5 Å². The first-order valence-corrected chi connectivity index (χ1v) is 4.68. The van der Waals surface area contributed by atoms with Crippen molar-refractivity contribution in [1.29, 1.82) is 0 Å². The molecule has 0 unspecified atom stereocenters. The van der Waals surface area contributed by atoms with Crippen LogP contribution in [0.1, 0.15) is 20.3 Å². The molecule has 0 heterocycles. The first-order valence-electron chi connectivity index (χ1n) is 4.68. The largest absolute Gasteiger partial charge is 0.370 e. The minimum Gasteiger partial charge on any atom is -0.370 e. The summed E-state index contributed by atoms with van der Waals surface area (Å²) in [5.41, 5.74) is 4.99. The highest BCUT2D eigenvalue weighted by atomic mass is 16.2. The van der Waals surface area contributed by atoms with Gasteiger partial charge in [0, 0.05) is 19.0 Å². The zero-order valence-electron chi connectivity index (χ0n) is 9.04. The van der Waals surface area contributed by atoms with Gasteiger partial charge in [0.15, 0.2) is 0 Å². The molecule has 0 atom stereocenters. The van der Waals surface area contributed by atoms with E-state index in [4.69, 9.17) is 5.73 Å². The molecule has 0 radical (unpaired) electrons. The summed E-state index contributed by atoms with van der Waals surface area (Å²) in [6.07, 6.45) is 0.283. The van der Waals surface area contributed by atoms with Gasteiger partial charge in [0.25, 0.3) is 0 Å². The molecule has 0 aromatic rings. The summed E-state index contributed by atoms with van der Waals surface area (Å²) in [5.74, 6) is -0.381. The molecular weight excluding hydrogens is 182 g/mol. The van der Waals surface area contributed by atoms with E-state index in [2.05, 4.69) is 5.32 Å². The Morgan fingerprint density at radius 2 is 2.00 bits per heavy atom. The summed E-state index contributed by atoms with van der Waals surface area (Å²) in [7, 11) is 1.78. The molecule has 0 fully saturated rings. The fourth-order valence-electron chi connectivity index (χ4n) is 0.993. The lowest BCUT2D eigenvalue weighted by molar-refractivity contribution is -0.123. The lowest BCUT2D eigenvalue weighted by Crippen LogP contribution is -2.39. The van der Waals surface area contributed by atoms with Crippen LogP contribution in [0, 0.1) is 0 Å². The maximum Gasteiger partial charge on any atom is 0.234 e. The second-order valence-corrected chi connectivity index (χ2v) is 3.68. The molecule has 0 bridgehead atoms. The Morgan fingerprint density at radius 3 is 2.43 bits per heavy atom. The Labute approximate surface area is 84.6 Å². The minimum absolute atomic E-state index is 0.0352. The molecular formula is C9H19N3O2. The van der Waals surface area contributed by atoms with E-state index in [9.17, 15) is 9.59 Å². The summed E-state index contributed by atoms with van der Waals surface area (Å²) >= 11 is 0. The average molecular weight is 201 g/mol. The third kappa shape index (κ3) is 7.54. The molecule has 0 aliphatic heterocycles. The average Bonchev–Trinajstić information content (AvgIpc) is 1.98. The zero-order valence-corrected chi connectivity index (χ0v) is 9.04. The molecule has 0 aromatic carbocycles. The summed E-state index contributed by atoms with van der Waals surface area (Å²) in [4.78, 5) is 23.5. The predicted molar refractivity (Wildman–Crippen MR) is 54.6 cm³/mol. The molecule has 14 heavy (non-hydrogen) atoms. The quantitative estimate of drug-likeness (QED) is 0.597. The Balaban J connectivity index is 3.65. The van der Waals surface area contributed by atoms with Crippen LogP contribution < -0.4 is 11.1 Å². The molecule has 0 saturated carbocycles. The van der Waals surface area contributed by atoms with Gasteiger partial charge >= 0.3 is 0 Å². The number of primary amides is 1. The van der Waals surface area contributed by atoms with Crippen LogP contribution in [-0.4, -0.2) is 42.9 Å². The number of likely N-dealkylation sites (N-methyl/N-ethyl adjacent to an activating group) is 1. The third-order valence-corrected chi connectivity index (χ3v) is 1.60. The standard InChI is InChI=1S/C9H19N3O2/c1-7(2)11-9(14)6-12(3)5-4-8(10)13/h7H,4-6H2,1-3H3,(H2,10,13)(H,11,14). The van der Waals surface area contributed by atoms with Crippen molar-refractivity contribution in [3.8, 4) is 0 Å². The number of nitrogens with two attached hydrogens (primary N) is 1. The smallest absolute Gasteiger partial charge is 0.234 e. The van der Waals surface area contributed by atoms with Gasteiger partial charge < -0.3 is 11.1 Å². The number of hydrogen-bond acceptors (Lipinski definition) is 3. The molecule has 0 spiro atoms. The van der Waals surface area contributed by atoms with Crippen LogP contribution in [0.15, 0.2) is 0 Å². The molecule has 5 heteroatoms. The number of carbonyl (C=O) groups is 2. The lowest BCUT2D eigenvalue weighted by Gasteiger charge is -2.16. The number of hydrogen-bond donors (Lipinski definition) is 2. The number of nitrogens with one attached hydrogen (secondary N) is 1. The Kier molecular flexibility index (Phi) is 5.87. The van der Waals surface area contributed by atoms with Gasteiger partial charge in [0.05, 0.1) is 6.54 Å². The highest BCUT2D eigenvalue weighted by Gasteiger charge is 2.07. The third-order valence-electron chi connectivity index (χ3n) is 1.60. The molecule has 0 aromatic heterocycles. The van der Waals surface area contributed by atoms with E-state index >= 15 is 0 Å². The van der Waals surface area contributed by atoms with Crippen molar-refractivity contribution in [2.45, 2.75) is 26.3 Å². The maximum absolute atomic E-state index is 11.2. The van der Waals surface area contributed by atoms with Crippen LogP contribution in [0.4, 0.5) is 0 Å². The minimum atomic E-state index is -0.346. The van der Waals surface area contributed by atoms with Gasteiger partial charge in [-0.15, -0.1) is 0 Å². The van der Waals surface area contributed by atoms with E-state index in [1.807, 2.05) is 13.8 Å². The van der Waals surface area contributed by atoms with E-state index in [1.54, 1.807) is 11.9 Å². The SMILES string of the molecule is CC(C)NC(=O)CN(C)CCC(N)=O. The van der Waals surface area contributed by atoms with E-state index in [-0.39, 0.29) is 24.3 Å². The summed E-state index contributed by atoms with van der Waals surface area (Å²) < 4.78 is 0. The molecule has 0 aliphatic carbocycles. The molecule has 3 N–H and O–H groups in total. The Hall–Kier alpha value is -1.10. The van der Waals surface area contributed by atoms with Gasteiger partial charge in [0.1, 0.15) is 0 Å². The second-order valence-electron chi connectivity index (χ2n) is 3.68. The van der Waals surface area contributed by atoms with Crippen LogP contribution in [-0.2, 0) is 9.59 Å². The normalized spacial score (nSPS) is 10.6. The Morgan fingerprint density at radius 1 is 1.43 bits per heavy atom. The molecule has 2 amide bonds. The van der Waals surface area contributed by atoms with Gasteiger partial charge in [-0.05, 0) is 20.9 Å². The second kappa shape index (κ2) is 6.37. The van der Waals surface area contributed by atoms with E-state index in [0.717, 1.165) is 0 Å². The first-order chi connectivity index (χ1) is 6.41. The van der Waals surface area contributed by atoms with Crippen molar-refractivity contribution in [3.63, 3.8) is 0 Å². The van der Waals surface area contributed by atoms with Gasteiger partial charge in [-0.2, -0.15) is 0 Å². The first kappa shape index (κ1) is 12.9. The number of carbonyl (C=O) groups excluding carboxylic acids is 2. The number of amides is 2. The Bertz CT molecular complexity index is 204. The number of nitrogens with zero attached hydrogens (tertiary/aromatic N) is 1. The van der Waals surface area contributed by atoms with Crippen molar-refractivity contribution in [1.82, 2.24) is 10.2 Å². The van der Waals surface area contributed by atoms with Gasteiger partial charge in [-0.25, -0.2) is 0 Å². The topological polar surface area (TPSA) is 75.4 Å². The lowest BCUT2D eigenvalue weighted by atomic mass is 10.3. The summed E-state index contributed by atoms with van der Waals surface area (Å²) in [6.45, 7) is 4.62. The number of rotatable bonds is 6. The fourth-order valence-corrected chi connectivity index (χ4v) is 0.993. The molecule has 5 nitrogen and oxygen atoms in total.